The fraction of sp³-hybridized carbons (Fsp3) is 0.333. The molecule has 4 aromatic rings. The van der Waals surface area contributed by atoms with Crippen LogP contribution in [0.25, 0.3) is 22.7 Å². The molecule has 1 saturated heterocycles. The van der Waals surface area contributed by atoms with Crippen LogP contribution in [0.1, 0.15) is 41.9 Å². The van der Waals surface area contributed by atoms with Gasteiger partial charge < -0.3 is 14.9 Å². The third kappa shape index (κ3) is 3.66. The summed E-state index contributed by atoms with van der Waals surface area (Å²) in [5.74, 6) is 0.269. The summed E-state index contributed by atoms with van der Waals surface area (Å²) in [5, 5.41) is 8.35. The van der Waals surface area contributed by atoms with E-state index in [4.69, 9.17) is 10.5 Å². The Bertz CT molecular complexity index is 1240. The lowest BCUT2D eigenvalue weighted by Crippen LogP contribution is -2.16. The number of ketones is 1. The van der Waals surface area contributed by atoms with Crippen molar-refractivity contribution in [2.24, 2.45) is 0 Å². The molecule has 0 aliphatic carbocycles. The summed E-state index contributed by atoms with van der Waals surface area (Å²) >= 11 is 0. The largest absolute Gasteiger partial charge is 0.382 e. The van der Waals surface area contributed by atoms with Gasteiger partial charge in [0.05, 0.1) is 18.5 Å². The normalized spacial score (nSPS) is 16.2. The summed E-state index contributed by atoms with van der Waals surface area (Å²) in [7, 11) is 0. The molecule has 5 heterocycles. The molecule has 0 amide bonds. The van der Waals surface area contributed by atoms with Gasteiger partial charge in [0.15, 0.2) is 11.6 Å². The minimum absolute atomic E-state index is 0.0632. The number of aryl methyl sites for hydroxylation is 1. The van der Waals surface area contributed by atoms with Crippen LogP contribution in [0.2, 0.25) is 0 Å². The maximum atomic E-state index is 12.9. The van der Waals surface area contributed by atoms with Crippen molar-refractivity contribution in [3.05, 3.63) is 48.3 Å². The summed E-state index contributed by atoms with van der Waals surface area (Å²) in [4.78, 5) is 27.8. The molecule has 2 N–H and O–H groups in total. The van der Waals surface area contributed by atoms with E-state index in [0.29, 0.717) is 24.4 Å². The fourth-order valence-corrected chi connectivity index (χ4v) is 3.83. The fourth-order valence-electron chi connectivity index (χ4n) is 3.83. The lowest BCUT2D eigenvalue weighted by molar-refractivity contribution is 0.0856. The second-order valence-electron chi connectivity index (χ2n) is 7.59. The third-order valence-corrected chi connectivity index (χ3v) is 5.46. The Morgan fingerprint density at radius 1 is 1.26 bits per heavy atom. The van der Waals surface area contributed by atoms with Crippen molar-refractivity contribution >= 4 is 17.2 Å². The van der Waals surface area contributed by atoms with E-state index in [-0.39, 0.29) is 23.4 Å². The van der Waals surface area contributed by atoms with Crippen LogP contribution in [0.4, 0.5) is 5.82 Å². The molecular formula is C21H22N8O2. The lowest BCUT2D eigenvalue weighted by Gasteiger charge is -2.13. The van der Waals surface area contributed by atoms with Crippen molar-refractivity contribution in [3.8, 4) is 17.1 Å². The molecule has 1 aliphatic rings. The number of aromatic nitrogens is 7. The highest BCUT2D eigenvalue weighted by molar-refractivity contribution is 5.99. The second kappa shape index (κ2) is 7.88. The molecule has 0 radical (unpaired) electrons. The first kappa shape index (κ1) is 19.3. The highest BCUT2D eigenvalue weighted by Crippen LogP contribution is 2.27. The van der Waals surface area contributed by atoms with Crippen LogP contribution in [-0.2, 0) is 4.74 Å². The van der Waals surface area contributed by atoms with Crippen molar-refractivity contribution in [2.45, 2.75) is 38.7 Å². The number of anilines is 1. The highest BCUT2D eigenvalue weighted by Gasteiger charge is 2.23. The van der Waals surface area contributed by atoms with Gasteiger partial charge in [-0.3, -0.25) is 4.79 Å². The van der Waals surface area contributed by atoms with Gasteiger partial charge in [0.25, 0.3) is 0 Å². The van der Waals surface area contributed by atoms with Gasteiger partial charge in [-0.2, -0.15) is 10.2 Å². The minimum Gasteiger partial charge on any atom is -0.382 e. The van der Waals surface area contributed by atoms with Crippen molar-refractivity contribution in [3.63, 3.8) is 0 Å². The summed E-state index contributed by atoms with van der Waals surface area (Å²) < 4.78 is 7.58. The Balaban J connectivity index is 1.57. The monoisotopic (exact) mass is 418 g/mol. The molecule has 1 aliphatic heterocycles. The maximum absolute atomic E-state index is 12.9. The average molecular weight is 418 g/mol. The van der Waals surface area contributed by atoms with Crippen LogP contribution in [0, 0.1) is 6.92 Å². The number of carbonyl (C=O) groups is 1. The molecule has 10 nitrogen and oxygen atoms in total. The van der Waals surface area contributed by atoms with Gasteiger partial charge in [0, 0.05) is 36.7 Å². The van der Waals surface area contributed by atoms with Crippen LogP contribution >= 0.6 is 0 Å². The van der Waals surface area contributed by atoms with E-state index in [1.807, 2.05) is 29.7 Å². The summed E-state index contributed by atoms with van der Waals surface area (Å²) in [6, 6.07) is 3.77. The maximum Gasteiger partial charge on any atom is 0.202 e. The SMILES string of the molecule is Cc1cnc2ccc(-c3nc(C(=O)CC[C@@H]4CCCO4)c(N)nc3-n3nccn3)cn12. The number of nitrogens with zero attached hydrogens (tertiary/aromatic N) is 7. The van der Waals surface area contributed by atoms with Crippen molar-refractivity contribution in [1.29, 1.82) is 0 Å². The predicted octanol–water partition coefficient (Wildman–Crippen LogP) is 2.40. The Kier molecular flexibility index (Phi) is 4.91. The third-order valence-electron chi connectivity index (χ3n) is 5.46. The molecule has 10 heteroatoms. The average Bonchev–Trinajstić information content (AvgIpc) is 3.55. The van der Waals surface area contributed by atoms with Crippen molar-refractivity contribution in [2.75, 3.05) is 12.3 Å². The molecule has 0 spiro atoms. The van der Waals surface area contributed by atoms with Gasteiger partial charge in [0.1, 0.15) is 17.0 Å². The number of hydrogen-bond donors (Lipinski definition) is 1. The Morgan fingerprint density at radius 3 is 2.87 bits per heavy atom. The lowest BCUT2D eigenvalue weighted by atomic mass is 10.1. The molecule has 1 fully saturated rings. The van der Waals surface area contributed by atoms with E-state index < -0.39 is 0 Å². The zero-order valence-corrected chi connectivity index (χ0v) is 17.1. The zero-order valence-electron chi connectivity index (χ0n) is 17.1. The van der Waals surface area contributed by atoms with Crippen LogP contribution in [-0.4, -0.2) is 52.8 Å². The number of Topliss-reactive ketones (excluding diaryl/α,β-unsaturated/α-hetero) is 1. The number of ether oxygens (including phenoxy) is 1. The molecule has 31 heavy (non-hydrogen) atoms. The zero-order chi connectivity index (χ0) is 21.4. The molecule has 4 aromatic heterocycles. The molecule has 0 aromatic carbocycles. The first-order valence-corrected chi connectivity index (χ1v) is 10.2. The quantitative estimate of drug-likeness (QED) is 0.473. The van der Waals surface area contributed by atoms with Gasteiger partial charge in [0.2, 0.25) is 5.82 Å². The van der Waals surface area contributed by atoms with Crippen LogP contribution in [0.15, 0.2) is 36.9 Å². The van der Waals surface area contributed by atoms with Gasteiger partial charge in [-0.15, -0.1) is 4.80 Å². The molecule has 0 saturated carbocycles. The number of hydrogen-bond acceptors (Lipinski definition) is 8. The van der Waals surface area contributed by atoms with Crippen LogP contribution in [0.5, 0.6) is 0 Å². The molecule has 0 unspecified atom stereocenters. The predicted molar refractivity (Wildman–Crippen MR) is 113 cm³/mol. The van der Waals surface area contributed by atoms with E-state index in [2.05, 4.69) is 25.1 Å². The first-order chi connectivity index (χ1) is 15.1. The molecule has 158 valence electrons. The van der Waals surface area contributed by atoms with Crippen molar-refractivity contribution < 1.29 is 9.53 Å². The number of nitrogens with two attached hydrogens (primary N) is 1. The van der Waals surface area contributed by atoms with E-state index in [0.717, 1.165) is 36.4 Å². The molecular weight excluding hydrogens is 396 g/mol. The highest BCUT2D eigenvalue weighted by atomic mass is 16.5. The number of pyridine rings is 1. The summed E-state index contributed by atoms with van der Waals surface area (Å²) in [6.45, 7) is 2.72. The molecule has 0 bridgehead atoms. The van der Waals surface area contributed by atoms with Gasteiger partial charge in [-0.25, -0.2) is 15.0 Å². The Morgan fingerprint density at radius 2 is 2.10 bits per heavy atom. The van der Waals surface area contributed by atoms with Crippen LogP contribution < -0.4 is 5.73 Å². The Labute approximate surface area is 178 Å². The topological polar surface area (TPSA) is 126 Å². The number of nitrogen functional groups attached to an aromatic ring is 1. The smallest absolute Gasteiger partial charge is 0.202 e. The number of imidazole rings is 1. The number of rotatable bonds is 6. The summed E-state index contributed by atoms with van der Waals surface area (Å²) in [5.41, 5.74) is 9.33. The van der Waals surface area contributed by atoms with E-state index in [1.54, 1.807) is 18.6 Å². The van der Waals surface area contributed by atoms with Gasteiger partial charge in [-0.05, 0) is 38.3 Å². The van der Waals surface area contributed by atoms with E-state index >= 15 is 0 Å². The minimum atomic E-state index is -0.151. The standard InChI is InChI=1S/C21H22N8O2/c1-13-11-23-17-7-4-14(12-28(13)17)18-21(29-24-8-9-25-29)27-20(22)19(26-18)16(30)6-5-15-3-2-10-31-15/h4,7-9,11-12,15H,2-3,5-6,10H2,1H3,(H2,22,27)/t15-/m0/s1. The van der Waals surface area contributed by atoms with E-state index in [1.165, 1.54) is 4.80 Å². The number of fused-ring (bicyclic) bond motifs is 1. The summed E-state index contributed by atoms with van der Waals surface area (Å²) in [6.07, 6.45) is 9.89. The number of carbonyl (C=O) groups excluding carboxylic acids is 1. The Hall–Kier alpha value is -3.66. The van der Waals surface area contributed by atoms with Gasteiger partial charge >= 0.3 is 0 Å². The molecule has 5 rings (SSSR count). The van der Waals surface area contributed by atoms with E-state index in [9.17, 15) is 4.79 Å². The van der Waals surface area contributed by atoms with Crippen molar-refractivity contribution in [1.82, 2.24) is 34.3 Å². The first-order valence-electron chi connectivity index (χ1n) is 10.2. The molecule has 1 atom stereocenters. The van der Waals surface area contributed by atoms with Crippen LogP contribution in [0.3, 0.4) is 0 Å². The van der Waals surface area contributed by atoms with Gasteiger partial charge in [-0.1, -0.05) is 0 Å². The second-order valence-corrected chi connectivity index (χ2v) is 7.59.